The number of benzene rings is 3. The molecule has 184 valence electrons. The van der Waals surface area contributed by atoms with E-state index in [2.05, 4.69) is 15.4 Å². The van der Waals surface area contributed by atoms with Gasteiger partial charge in [-0.3, -0.25) is 4.72 Å². The molecule has 2 amide bonds. The maximum atomic E-state index is 13.1. The van der Waals surface area contributed by atoms with Gasteiger partial charge in [-0.05, 0) is 60.7 Å². The van der Waals surface area contributed by atoms with Crippen LogP contribution in [0.3, 0.4) is 0 Å². The number of hydrogen-bond acceptors (Lipinski definition) is 5. The Labute approximate surface area is 218 Å². The van der Waals surface area contributed by atoms with Crippen LogP contribution in [0.5, 0.6) is 0 Å². The van der Waals surface area contributed by atoms with Crippen LogP contribution in [0.15, 0.2) is 65.6 Å². The summed E-state index contributed by atoms with van der Waals surface area (Å²) in [6.07, 6.45) is 0. The molecule has 0 atom stereocenters. The quantitative estimate of drug-likeness (QED) is 0.350. The van der Waals surface area contributed by atoms with Crippen LogP contribution >= 0.6 is 34.8 Å². The van der Waals surface area contributed by atoms with Crippen LogP contribution in [0.4, 0.5) is 27.5 Å². The van der Waals surface area contributed by atoms with E-state index in [-0.39, 0.29) is 15.6 Å². The normalized spacial score (nSPS) is 13.9. The van der Waals surface area contributed by atoms with Crippen molar-refractivity contribution in [3.05, 3.63) is 75.7 Å². The number of hydrogen-bond donors (Lipinski definition) is 3. The summed E-state index contributed by atoms with van der Waals surface area (Å²) in [6.45, 7) is 2.22. The lowest BCUT2D eigenvalue weighted by molar-refractivity contribution is 0.123. The predicted molar refractivity (Wildman–Crippen MR) is 141 cm³/mol. The minimum atomic E-state index is -4.04. The van der Waals surface area contributed by atoms with Gasteiger partial charge in [-0.2, -0.15) is 0 Å². The van der Waals surface area contributed by atoms with Gasteiger partial charge in [0.1, 0.15) is 0 Å². The van der Waals surface area contributed by atoms with Gasteiger partial charge in [0.25, 0.3) is 10.0 Å². The molecule has 8 nitrogen and oxygen atoms in total. The lowest BCUT2D eigenvalue weighted by Crippen LogP contribution is -2.37. The molecule has 1 heterocycles. The second-order valence-corrected chi connectivity index (χ2v) is 10.6. The number of nitrogens with one attached hydrogen (secondary N) is 3. The summed E-state index contributed by atoms with van der Waals surface area (Å²) in [5.74, 6) is 0. The molecule has 12 heteroatoms. The zero-order valence-electron chi connectivity index (χ0n) is 18.2. The highest BCUT2D eigenvalue weighted by atomic mass is 35.5. The maximum Gasteiger partial charge on any atom is 0.323 e. The average molecular weight is 556 g/mol. The smallest absolute Gasteiger partial charge is 0.323 e. The lowest BCUT2D eigenvalue weighted by atomic mass is 10.2. The van der Waals surface area contributed by atoms with Gasteiger partial charge in [0.05, 0.1) is 40.2 Å². The lowest BCUT2D eigenvalue weighted by Gasteiger charge is -2.30. The Morgan fingerprint density at radius 1 is 0.829 bits per heavy atom. The fourth-order valence-electron chi connectivity index (χ4n) is 3.46. The Morgan fingerprint density at radius 3 is 2.23 bits per heavy atom. The fraction of sp³-hybridized carbons (Fsp3) is 0.174. The van der Waals surface area contributed by atoms with E-state index in [0.29, 0.717) is 53.4 Å². The molecule has 1 aliphatic heterocycles. The van der Waals surface area contributed by atoms with Crippen molar-refractivity contribution in [3.63, 3.8) is 0 Å². The largest absolute Gasteiger partial charge is 0.378 e. The molecular weight excluding hydrogens is 535 g/mol. The highest BCUT2D eigenvalue weighted by Gasteiger charge is 2.22. The summed E-state index contributed by atoms with van der Waals surface area (Å²) in [4.78, 5) is 14.7. The molecule has 0 saturated carbocycles. The van der Waals surface area contributed by atoms with Crippen molar-refractivity contribution in [2.75, 3.05) is 46.6 Å². The number of morpholine rings is 1. The molecule has 0 aliphatic carbocycles. The van der Waals surface area contributed by atoms with Gasteiger partial charge in [-0.15, -0.1) is 0 Å². The van der Waals surface area contributed by atoms with Gasteiger partial charge in [0, 0.05) is 28.8 Å². The summed E-state index contributed by atoms with van der Waals surface area (Å²) in [5, 5.41) is 6.54. The zero-order valence-corrected chi connectivity index (χ0v) is 21.3. The van der Waals surface area contributed by atoms with Gasteiger partial charge < -0.3 is 20.3 Å². The molecule has 3 aromatic rings. The molecule has 0 bridgehead atoms. The number of rotatable bonds is 6. The number of halogens is 3. The molecule has 1 aliphatic rings. The Hall–Kier alpha value is -2.69. The SMILES string of the molecule is O=C(Nc1ccc(Cl)cc1)Nc1cc(S(=O)(=O)Nc2cc(Cl)ccc2Cl)ccc1N1CCOCC1. The number of carbonyl (C=O) groups excluding carboxylic acids is 1. The van der Waals surface area contributed by atoms with Crippen molar-refractivity contribution in [2.24, 2.45) is 0 Å². The number of nitrogens with zero attached hydrogens (tertiary/aromatic N) is 1. The highest BCUT2D eigenvalue weighted by Crippen LogP contribution is 2.32. The van der Waals surface area contributed by atoms with Crippen molar-refractivity contribution in [1.29, 1.82) is 0 Å². The second-order valence-electron chi connectivity index (χ2n) is 7.59. The number of urea groups is 1. The summed E-state index contributed by atoms with van der Waals surface area (Å²) in [5.41, 5.74) is 1.66. The first-order chi connectivity index (χ1) is 16.7. The Bertz CT molecular complexity index is 1330. The van der Waals surface area contributed by atoms with E-state index in [9.17, 15) is 13.2 Å². The standard InChI is InChI=1S/C23H21Cl3N4O4S/c24-15-1-4-17(5-2-15)27-23(31)28-21-14-18(6-8-22(21)30-9-11-34-12-10-30)35(32,33)29-20-13-16(25)3-7-19(20)26/h1-8,13-14,29H,9-12H2,(H2,27,28,31). The Kier molecular flexibility index (Phi) is 7.93. The van der Waals surface area contributed by atoms with Crippen LogP contribution in [0.1, 0.15) is 0 Å². The van der Waals surface area contributed by atoms with Crippen molar-refractivity contribution >= 4 is 73.6 Å². The first-order valence-electron chi connectivity index (χ1n) is 10.5. The number of anilines is 4. The van der Waals surface area contributed by atoms with Crippen molar-refractivity contribution in [2.45, 2.75) is 4.90 Å². The van der Waals surface area contributed by atoms with E-state index in [1.54, 1.807) is 36.4 Å². The third kappa shape index (κ3) is 6.50. The van der Waals surface area contributed by atoms with Crippen LogP contribution in [-0.4, -0.2) is 40.8 Å². The number of amides is 2. The Balaban J connectivity index is 1.63. The van der Waals surface area contributed by atoms with Crippen molar-refractivity contribution in [1.82, 2.24) is 0 Å². The predicted octanol–water partition coefficient (Wildman–Crippen LogP) is 5.93. The minimum Gasteiger partial charge on any atom is -0.378 e. The van der Waals surface area contributed by atoms with Crippen molar-refractivity contribution < 1.29 is 17.9 Å². The van der Waals surface area contributed by atoms with Crippen molar-refractivity contribution in [3.8, 4) is 0 Å². The molecule has 35 heavy (non-hydrogen) atoms. The van der Waals surface area contributed by atoms with Gasteiger partial charge in [0.2, 0.25) is 0 Å². The molecule has 0 spiro atoms. The van der Waals surface area contributed by atoms with Crippen LogP contribution < -0.4 is 20.3 Å². The fourth-order valence-corrected chi connectivity index (χ4v) is 5.08. The van der Waals surface area contributed by atoms with E-state index >= 15 is 0 Å². The summed E-state index contributed by atoms with van der Waals surface area (Å²) in [7, 11) is -4.04. The van der Waals surface area contributed by atoms with E-state index in [0.717, 1.165) is 0 Å². The van der Waals surface area contributed by atoms with E-state index < -0.39 is 16.1 Å². The van der Waals surface area contributed by atoms with Crippen LogP contribution in [0, 0.1) is 0 Å². The van der Waals surface area contributed by atoms with E-state index in [4.69, 9.17) is 39.5 Å². The van der Waals surface area contributed by atoms with E-state index in [1.165, 1.54) is 24.3 Å². The molecule has 1 saturated heterocycles. The summed E-state index contributed by atoms with van der Waals surface area (Å²) in [6, 6.07) is 15.1. The first kappa shape index (κ1) is 25.4. The second kappa shape index (κ2) is 10.9. The highest BCUT2D eigenvalue weighted by molar-refractivity contribution is 7.92. The molecular formula is C23H21Cl3N4O4S. The monoisotopic (exact) mass is 554 g/mol. The average Bonchev–Trinajstić information content (AvgIpc) is 2.83. The number of carbonyl (C=O) groups is 1. The summed E-state index contributed by atoms with van der Waals surface area (Å²) >= 11 is 18.0. The molecule has 3 N–H and O–H groups in total. The Morgan fingerprint density at radius 2 is 1.51 bits per heavy atom. The number of ether oxygens (including phenoxy) is 1. The minimum absolute atomic E-state index is 0.0626. The molecule has 3 aromatic carbocycles. The van der Waals surface area contributed by atoms with E-state index in [1.807, 2.05) is 4.90 Å². The molecule has 1 fully saturated rings. The van der Waals surface area contributed by atoms with Gasteiger partial charge in [-0.1, -0.05) is 34.8 Å². The molecule has 4 rings (SSSR count). The third-order valence-corrected chi connectivity index (χ3v) is 7.33. The van der Waals surface area contributed by atoms with Gasteiger partial charge >= 0.3 is 6.03 Å². The first-order valence-corrected chi connectivity index (χ1v) is 13.1. The maximum absolute atomic E-state index is 13.1. The topological polar surface area (TPSA) is 99.8 Å². The van der Waals surface area contributed by atoms with Crippen LogP contribution in [0.25, 0.3) is 0 Å². The third-order valence-electron chi connectivity index (χ3n) is 5.15. The van der Waals surface area contributed by atoms with Crippen LogP contribution in [0.2, 0.25) is 15.1 Å². The number of sulfonamides is 1. The molecule has 0 radical (unpaired) electrons. The molecule has 0 unspecified atom stereocenters. The van der Waals surface area contributed by atoms with Crippen LogP contribution in [-0.2, 0) is 14.8 Å². The zero-order chi connectivity index (χ0) is 25.0. The van der Waals surface area contributed by atoms with Gasteiger partial charge in [-0.25, -0.2) is 13.2 Å². The molecule has 0 aromatic heterocycles. The van der Waals surface area contributed by atoms with Gasteiger partial charge in [0.15, 0.2) is 0 Å². The summed E-state index contributed by atoms with van der Waals surface area (Å²) < 4.78 is 34.1.